The van der Waals surface area contributed by atoms with E-state index >= 15 is 0 Å². The monoisotopic (exact) mass is 511 g/mol. The molecule has 1 saturated heterocycles. The van der Waals surface area contributed by atoms with Crippen molar-refractivity contribution in [1.82, 2.24) is 9.80 Å². The van der Waals surface area contributed by atoms with Crippen LogP contribution in [-0.2, 0) is 24.3 Å². The van der Waals surface area contributed by atoms with Crippen molar-refractivity contribution in [3.05, 3.63) is 23.8 Å². The smallest absolute Gasteiger partial charge is 0.257 e. The third-order valence-corrected chi connectivity index (χ3v) is 7.21. The van der Waals surface area contributed by atoms with Gasteiger partial charge in [0.15, 0.2) is 0 Å². The van der Waals surface area contributed by atoms with Gasteiger partial charge in [0.1, 0.15) is 12.4 Å². The first-order valence-corrected chi connectivity index (χ1v) is 13.8. The molecule has 0 radical (unpaired) electrons. The number of fused-ring (bicyclic) bond motifs is 1. The van der Waals surface area contributed by atoms with Gasteiger partial charge < -0.3 is 24.0 Å². The average Bonchev–Trinajstić information content (AvgIpc) is 2.82. The Balaban J connectivity index is 1.95. The molecule has 196 valence electrons. The molecule has 0 spiro atoms. The van der Waals surface area contributed by atoms with Crippen molar-refractivity contribution in [3.63, 3.8) is 0 Å². The van der Waals surface area contributed by atoms with Gasteiger partial charge in [-0.3, -0.25) is 14.3 Å². The molecular weight excluding hydrogens is 474 g/mol. The summed E-state index contributed by atoms with van der Waals surface area (Å²) in [6, 6.07) is 4.35. The summed E-state index contributed by atoms with van der Waals surface area (Å²) in [7, 11) is -0.251. The Labute approximate surface area is 207 Å². The summed E-state index contributed by atoms with van der Waals surface area (Å²) in [4.78, 5) is 30.2. The Morgan fingerprint density at radius 3 is 2.49 bits per heavy atom. The summed E-state index contributed by atoms with van der Waals surface area (Å²) in [6.07, 6.45) is 2.14. The predicted octanol–water partition coefficient (Wildman–Crippen LogP) is 1.82. The van der Waals surface area contributed by atoms with Crippen molar-refractivity contribution >= 4 is 27.5 Å². The van der Waals surface area contributed by atoms with E-state index in [9.17, 15) is 18.0 Å². The highest BCUT2D eigenvalue weighted by molar-refractivity contribution is 7.92. The maximum absolute atomic E-state index is 13.5. The van der Waals surface area contributed by atoms with Crippen molar-refractivity contribution < 1.29 is 32.2 Å². The topological polar surface area (TPSA) is 114 Å². The minimum absolute atomic E-state index is 0.0429. The molecule has 1 N–H and O–H groups in total. The second-order valence-electron chi connectivity index (χ2n) is 9.56. The van der Waals surface area contributed by atoms with Gasteiger partial charge in [0.25, 0.3) is 5.91 Å². The van der Waals surface area contributed by atoms with Gasteiger partial charge in [0.2, 0.25) is 15.9 Å². The van der Waals surface area contributed by atoms with Crippen molar-refractivity contribution in [3.8, 4) is 5.75 Å². The number of anilines is 1. The van der Waals surface area contributed by atoms with E-state index in [4.69, 9.17) is 14.2 Å². The minimum atomic E-state index is -3.52. The molecular formula is C24H37N3O7S. The van der Waals surface area contributed by atoms with Crippen LogP contribution in [0, 0.1) is 11.8 Å². The van der Waals surface area contributed by atoms with Crippen LogP contribution in [0.5, 0.6) is 5.75 Å². The van der Waals surface area contributed by atoms with Crippen LogP contribution in [0.25, 0.3) is 0 Å². The number of amides is 2. The van der Waals surface area contributed by atoms with Crippen LogP contribution in [-0.4, -0.2) is 95.5 Å². The third kappa shape index (κ3) is 7.08. The standard InChI is InChI=1S/C24H37N3O7S/c1-16-13-27(23(28)18-8-10-33-11-9-18)17(2)15-34-21-7-6-19(25-35(5,30)31)12-20(21)24(29)26(3)14-22(16)32-4/h6-7,12,16-18,22,25H,8-11,13-15H2,1-5H3/t16-,17-,22+/m1/s1. The Morgan fingerprint density at radius 2 is 1.86 bits per heavy atom. The summed E-state index contributed by atoms with van der Waals surface area (Å²) >= 11 is 0. The zero-order chi connectivity index (χ0) is 25.8. The van der Waals surface area contributed by atoms with Crippen LogP contribution in [0.15, 0.2) is 18.2 Å². The summed E-state index contributed by atoms with van der Waals surface area (Å²) < 4.78 is 43.1. The van der Waals surface area contributed by atoms with Crippen LogP contribution >= 0.6 is 0 Å². The number of ether oxygens (including phenoxy) is 3. The number of benzene rings is 1. The average molecular weight is 512 g/mol. The molecule has 0 aliphatic carbocycles. The lowest BCUT2D eigenvalue weighted by Gasteiger charge is -2.38. The minimum Gasteiger partial charge on any atom is -0.491 e. The molecule has 1 fully saturated rings. The molecule has 10 nitrogen and oxygen atoms in total. The Hall–Kier alpha value is -2.37. The Kier molecular flexibility index (Phi) is 9.00. The molecule has 2 aliphatic rings. The quantitative estimate of drug-likeness (QED) is 0.656. The molecule has 0 bridgehead atoms. The Bertz CT molecular complexity index is 1010. The third-order valence-electron chi connectivity index (χ3n) is 6.60. The van der Waals surface area contributed by atoms with E-state index in [1.165, 1.54) is 11.0 Å². The number of likely N-dealkylation sites (N-methyl/N-ethyl adjacent to an activating group) is 1. The summed E-state index contributed by atoms with van der Waals surface area (Å²) in [5, 5.41) is 0. The zero-order valence-electron chi connectivity index (χ0n) is 21.2. The van der Waals surface area contributed by atoms with Crippen molar-refractivity contribution in [2.75, 3.05) is 58.0 Å². The summed E-state index contributed by atoms with van der Waals surface area (Å²) in [5.41, 5.74) is 0.503. The lowest BCUT2D eigenvalue weighted by Crippen LogP contribution is -2.50. The maximum atomic E-state index is 13.5. The van der Waals surface area contributed by atoms with Crippen molar-refractivity contribution in [2.24, 2.45) is 11.8 Å². The maximum Gasteiger partial charge on any atom is 0.257 e. The molecule has 3 atom stereocenters. The number of carbonyl (C=O) groups is 2. The van der Waals surface area contributed by atoms with Crippen LogP contribution in [0.2, 0.25) is 0 Å². The molecule has 0 unspecified atom stereocenters. The number of hydrogen-bond donors (Lipinski definition) is 1. The molecule has 1 aromatic carbocycles. The highest BCUT2D eigenvalue weighted by atomic mass is 32.2. The predicted molar refractivity (Wildman–Crippen MR) is 132 cm³/mol. The van der Waals surface area contributed by atoms with Gasteiger partial charge in [-0.25, -0.2) is 8.42 Å². The molecule has 2 amide bonds. The zero-order valence-corrected chi connectivity index (χ0v) is 22.0. The van der Waals surface area contributed by atoms with E-state index in [1.54, 1.807) is 26.3 Å². The number of hydrogen-bond acceptors (Lipinski definition) is 7. The molecule has 2 aliphatic heterocycles. The van der Waals surface area contributed by atoms with E-state index in [1.807, 2.05) is 18.7 Å². The van der Waals surface area contributed by atoms with Gasteiger partial charge in [-0.1, -0.05) is 6.92 Å². The first-order chi connectivity index (χ1) is 16.5. The fraction of sp³-hybridized carbons (Fsp3) is 0.667. The van der Waals surface area contributed by atoms with Crippen molar-refractivity contribution in [2.45, 2.75) is 38.8 Å². The SMILES string of the molecule is CO[C@H]1CN(C)C(=O)c2cc(NS(C)(=O)=O)ccc2OC[C@@H](C)N(C(=O)C2CCOCC2)C[C@H]1C. The number of rotatable bonds is 4. The molecule has 11 heteroatoms. The van der Waals surface area contributed by atoms with Gasteiger partial charge in [-0.05, 0) is 38.0 Å². The number of carbonyl (C=O) groups excluding carboxylic acids is 2. The normalized spacial score (nSPS) is 25.2. The van der Waals surface area contributed by atoms with E-state index in [0.717, 1.165) is 6.26 Å². The van der Waals surface area contributed by atoms with Crippen molar-refractivity contribution in [1.29, 1.82) is 0 Å². The van der Waals surface area contributed by atoms with E-state index in [0.29, 0.717) is 44.9 Å². The van der Waals surface area contributed by atoms with Gasteiger partial charge in [-0.15, -0.1) is 0 Å². The summed E-state index contributed by atoms with van der Waals surface area (Å²) in [6.45, 7) is 6.06. The lowest BCUT2D eigenvalue weighted by molar-refractivity contribution is -0.142. The fourth-order valence-corrected chi connectivity index (χ4v) is 5.10. The van der Waals surface area contributed by atoms with E-state index < -0.39 is 10.0 Å². The van der Waals surface area contributed by atoms with E-state index in [-0.39, 0.29) is 53.7 Å². The molecule has 0 aromatic heterocycles. The molecule has 2 heterocycles. The van der Waals surface area contributed by atoms with Gasteiger partial charge in [0.05, 0.1) is 24.0 Å². The van der Waals surface area contributed by atoms with Crippen LogP contribution < -0.4 is 9.46 Å². The fourth-order valence-electron chi connectivity index (χ4n) is 4.54. The number of nitrogens with one attached hydrogen (secondary N) is 1. The number of methoxy groups -OCH3 is 1. The first kappa shape index (κ1) is 27.2. The number of sulfonamides is 1. The van der Waals surface area contributed by atoms with Gasteiger partial charge >= 0.3 is 0 Å². The highest BCUT2D eigenvalue weighted by Crippen LogP contribution is 2.28. The molecule has 0 saturated carbocycles. The second kappa shape index (κ2) is 11.6. The molecule has 35 heavy (non-hydrogen) atoms. The van der Waals surface area contributed by atoms with Crippen LogP contribution in [0.4, 0.5) is 5.69 Å². The first-order valence-electron chi connectivity index (χ1n) is 11.9. The molecule has 3 rings (SSSR count). The second-order valence-corrected chi connectivity index (χ2v) is 11.3. The largest absolute Gasteiger partial charge is 0.491 e. The van der Waals surface area contributed by atoms with E-state index in [2.05, 4.69) is 4.72 Å². The van der Waals surface area contributed by atoms with Gasteiger partial charge in [0, 0.05) is 58.0 Å². The van der Waals surface area contributed by atoms with Crippen LogP contribution in [0.3, 0.4) is 0 Å². The highest BCUT2D eigenvalue weighted by Gasteiger charge is 2.33. The molecule has 1 aromatic rings. The van der Waals surface area contributed by atoms with Crippen LogP contribution in [0.1, 0.15) is 37.0 Å². The summed E-state index contributed by atoms with van der Waals surface area (Å²) in [5.74, 6) is -0.0313. The van der Waals surface area contributed by atoms with Gasteiger partial charge in [-0.2, -0.15) is 0 Å². The number of nitrogens with zero attached hydrogens (tertiary/aromatic N) is 2. The Morgan fingerprint density at radius 1 is 1.17 bits per heavy atom. The lowest BCUT2D eigenvalue weighted by atomic mass is 9.95.